The lowest BCUT2D eigenvalue weighted by atomic mass is 9.83. The lowest BCUT2D eigenvalue weighted by molar-refractivity contribution is -0.140. The summed E-state index contributed by atoms with van der Waals surface area (Å²) in [5.74, 6) is -3.56. The molecule has 0 radical (unpaired) electrons. The van der Waals surface area contributed by atoms with Crippen molar-refractivity contribution in [2.45, 2.75) is 38.9 Å². The molecule has 5 rings (SSSR count). The fourth-order valence-electron chi connectivity index (χ4n) is 5.38. The molecule has 2 aromatic heterocycles. The second kappa shape index (κ2) is 10.1. The van der Waals surface area contributed by atoms with Gasteiger partial charge in [-0.3, -0.25) is 19.4 Å². The number of aryl methyl sites for hydroxylation is 2. The van der Waals surface area contributed by atoms with Crippen LogP contribution in [0.15, 0.2) is 47.4 Å². The monoisotopic (exact) mass is 544 g/mol. The number of Topliss-reactive ketones (excluding diaryl/α,β-unsaturated/α-hetero) is 1. The standard InChI is InChI=1S/C30H28N2O8/c1-14-26(35)24-17(12-31-14)13-40-29(24)21-10-18(15(2)33)27(36)25(28(21)37)19(11-23(34)39-4)20-9-16-7-5-6-8-22(16)32(3)30(20)38/h5-10,12,19,29,35-37H,11,13H2,1-4H3/t19-,29-/m0/s1. The van der Waals surface area contributed by atoms with Crippen molar-refractivity contribution in [3.8, 4) is 17.2 Å². The van der Waals surface area contributed by atoms with Gasteiger partial charge in [-0.1, -0.05) is 18.2 Å². The zero-order valence-electron chi connectivity index (χ0n) is 22.4. The molecule has 3 N–H and O–H groups in total. The molecular weight excluding hydrogens is 516 g/mol. The van der Waals surface area contributed by atoms with Gasteiger partial charge in [0.05, 0.1) is 36.9 Å². The van der Waals surface area contributed by atoms with Gasteiger partial charge in [-0.05, 0) is 37.4 Å². The van der Waals surface area contributed by atoms with Gasteiger partial charge >= 0.3 is 5.97 Å². The van der Waals surface area contributed by atoms with Crippen LogP contribution in [0.1, 0.15) is 69.2 Å². The number of methoxy groups -OCH3 is 1. The Morgan fingerprint density at radius 1 is 1.15 bits per heavy atom. The normalized spacial score (nSPS) is 15.2. The van der Waals surface area contributed by atoms with E-state index in [9.17, 15) is 29.7 Å². The number of hydrogen-bond acceptors (Lipinski definition) is 9. The van der Waals surface area contributed by atoms with Crippen LogP contribution in [0, 0.1) is 6.92 Å². The smallest absolute Gasteiger partial charge is 0.306 e. The van der Waals surface area contributed by atoms with Crippen LogP contribution in [0.2, 0.25) is 0 Å². The number of aromatic hydroxyl groups is 3. The van der Waals surface area contributed by atoms with Crippen molar-refractivity contribution >= 4 is 22.7 Å². The van der Waals surface area contributed by atoms with Crippen LogP contribution in [0.4, 0.5) is 0 Å². The molecule has 0 fully saturated rings. The molecule has 10 nitrogen and oxygen atoms in total. The highest BCUT2D eigenvalue weighted by atomic mass is 16.5. The maximum absolute atomic E-state index is 13.6. The number of pyridine rings is 2. The molecule has 4 aromatic rings. The highest BCUT2D eigenvalue weighted by Gasteiger charge is 2.37. The zero-order chi connectivity index (χ0) is 28.9. The Kier molecular flexibility index (Phi) is 6.80. The number of aromatic nitrogens is 2. The molecular formula is C30H28N2O8. The third-order valence-electron chi connectivity index (χ3n) is 7.51. The molecule has 0 amide bonds. The molecule has 0 bridgehead atoms. The number of phenols is 2. The van der Waals surface area contributed by atoms with E-state index in [0.717, 1.165) is 0 Å². The van der Waals surface area contributed by atoms with Gasteiger partial charge in [0.25, 0.3) is 5.56 Å². The minimum atomic E-state index is -1.19. The van der Waals surface area contributed by atoms with E-state index in [1.807, 2.05) is 0 Å². The molecule has 0 unspecified atom stereocenters. The van der Waals surface area contributed by atoms with Gasteiger partial charge in [-0.15, -0.1) is 0 Å². The Balaban J connectivity index is 1.82. The Hall–Kier alpha value is -4.70. The fraction of sp³-hybridized carbons (Fsp3) is 0.267. The van der Waals surface area contributed by atoms with Gasteiger partial charge in [0, 0.05) is 47.0 Å². The Labute approximate surface area is 229 Å². The number of para-hydroxylation sites is 1. The average molecular weight is 545 g/mol. The zero-order valence-corrected chi connectivity index (χ0v) is 22.4. The van der Waals surface area contributed by atoms with Crippen LogP contribution in [0.3, 0.4) is 0 Å². The van der Waals surface area contributed by atoms with E-state index in [-0.39, 0.29) is 34.6 Å². The van der Waals surface area contributed by atoms with Gasteiger partial charge in [0.2, 0.25) is 0 Å². The summed E-state index contributed by atoms with van der Waals surface area (Å²) in [6.07, 6.45) is 0.142. The maximum Gasteiger partial charge on any atom is 0.306 e. The minimum absolute atomic E-state index is 0.0860. The fourth-order valence-corrected chi connectivity index (χ4v) is 5.38. The first-order chi connectivity index (χ1) is 19.0. The number of phenolic OH excluding ortho intramolecular Hbond substituents is 2. The minimum Gasteiger partial charge on any atom is -0.507 e. The van der Waals surface area contributed by atoms with E-state index in [0.29, 0.717) is 27.7 Å². The van der Waals surface area contributed by atoms with Gasteiger partial charge in [0.15, 0.2) is 5.78 Å². The predicted molar refractivity (Wildman–Crippen MR) is 145 cm³/mol. The van der Waals surface area contributed by atoms with Crippen LogP contribution in [0.5, 0.6) is 17.2 Å². The number of fused-ring (bicyclic) bond motifs is 2. The van der Waals surface area contributed by atoms with E-state index in [2.05, 4.69) is 4.98 Å². The topological polar surface area (TPSA) is 148 Å². The number of benzene rings is 2. The molecule has 2 aromatic carbocycles. The molecule has 0 saturated carbocycles. The summed E-state index contributed by atoms with van der Waals surface area (Å²) in [5, 5.41) is 34.5. The summed E-state index contributed by atoms with van der Waals surface area (Å²) in [5.41, 5.74) is 1.38. The van der Waals surface area contributed by atoms with Crippen LogP contribution >= 0.6 is 0 Å². The van der Waals surface area contributed by atoms with Crippen molar-refractivity contribution in [1.29, 1.82) is 0 Å². The lowest BCUT2D eigenvalue weighted by Crippen LogP contribution is -2.26. The molecule has 0 aliphatic carbocycles. The number of ether oxygens (including phenoxy) is 2. The van der Waals surface area contributed by atoms with Gasteiger partial charge in [0.1, 0.15) is 23.4 Å². The maximum atomic E-state index is 13.6. The number of carbonyl (C=O) groups is 2. The number of rotatable bonds is 6. The van der Waals surface area contributed by atoms with Crippen LogP contribution in [-0.2, 0) is 27.9 Å². The average Bonchev–Trinajstić information content (AvgIpc) is 3.36. The first-order valence-electron chi connectivity index (χ1n) is 12.6. The van der Waals surface area contributed by atoms with Crippen molar-refractivity contribution in [2.24, 2.45) is 7.05 Å². The van der Waals surface area contributed by atoms with E-state index in [4.69, 9.17) is 9.47 Å². The van der Waals surface area contributed by atoms with Crippen molar-refractivity contribution in [3.05, 3.63) is 92.0 Å². The second-order valence-corrected chi connectivity index (χ2v) is 9.86. The molecule has 1 aliphatic rings. The lowest BCUT2D eigenvalue weighted by Gasteiger charge is -2.25. The second-order valence-electron chi connectivity index (χ2n) is 9.86. The molecule has 206 valence electrons. The summed E-state index contributed by atoms with van der Waals surface area (Å²) in [6, 6.07) is 10.1. The van der Waals surface area contributed by atoms with Crippen LogP contribution < -0.4 is 5.56 Å². The molecule has 10 heteroatoms. The summed E-state index contributed by atoms with van der Waals surface area (Å²) in [6.45, 7) is 2.96. The Morgan fingerprint density at radius 3 is 2.58 bits per heavy atom. The molecule has 1 aliphatic heterocycles. The first kappa shape index (κ1) is 26.9. The van der Waals surface area contributed by atoms with Crippen LogP contribution in [-0.4, -0.2) is 43.7 Å². The largest absolute Gasteiger partial charge is 0.507 e. The van der Waals surface area contributed by atoms with Gasteiger partial charge < -0.3 is 29.4 Å². The molecule has 0 saturated heterocycles. The summed E-state index contributed by atoms with van der Waals surface area (Å²) in [7, 11) is 2.78. The van der Waals surface area contributed by atoms with E-state index < -0.39 is 47.3 Å². The number of ketones is 1. The van der Waals surface area contributed by atoms with E-state index in [1.54, 1.807) is 50.5 Å². The van der Waals surface area contributed by atoms with Gasteiger partial charge in [-0.2, -0.15) is 0 Å². The predicted octanol–water partition coefficient (Wildman–Crippen LogP) is 3.88. The van der Waals surface area contributed by atoms with Crippen LogP contribution in [0.25, 0.3) is 10.9 Å². The summed E-state index contributed by atoms with van der Waals surface area (Å²) < 4.78 is 12.3. The number of nitrogens with zero attached hydrogens (tertiary/aromatic N) is 2. The molecule has 3 heterocycles. The third kappa shape index (κ3) is 4.26. The SMILES string of the molecule is COC(=O)C[C@H](c1c(O)c(C(C)=O)cc([C@@H]2OCc3cnc(C)c(O)c32)c1O)c1cc2ccccc2n(C)c1=O. The van der Waals surface area contributed by atoms with E-state index >= 15 is 0 Å². The Morgan fingerprint density at radius 2 is 1.88 bits per heavy atom. The van der Waals surface area contributed by atoms with Gasteiger partial charge in [-0.25, -0.2) is 0 Å². The summed E-state index contributed by atoms with van der Waals surface area (Å²) in [4.78, 5) is 43.1. The number of hydrogen-bond donors (Lipinski definition) is 3. The molecule has 40 heavy (non-hydrogen) atoms. The highest BCUT2D eigenvalue weighted by molar-refractivity contribution is 5.98. The first-order valence-corrected chi connectivity index (χ1v) is 12.6. The van der Waals surface area contributed by atoms with Crippen molar-refractivity contribution in [1.82, 2.24) is 9.55 Å². The van der Waals surface area contributed by atoms with E-state index in [1.165, 1.54) is 24.7 Å². The molecule has 2 atom stereocenters. The number of esters is 1. The summed E-state index contributed by atoms with van der Waals surface area (Å²) >= 11 is 0. The van der Waals surface area contributed by atoms with Crippen molar-refractivity contribution < 1.29 is 34.4 Å². The highest BCUT2D eigenvalue weighted by Crippen LogP contribution is 2.50. The Bertz CT molecular complexity index is 1760. The van der Waals surface area contributed by atoms with Crippen molar-refractivity contribution in [3.63, 3.8) is 0 Å². The molecule has 0 spiro atoms. The van der Waals surface area contributed by atoms with Crippen molar-refractivity contribution in [2.75, 3.05) is 7.11 Å². The third-order valence-corrected chi connectivity index (χ3v) is 7.51. The quantitative estimate of drug-likeness (QED) is 0.243. The number of carbonyl (C=O) groups excluding carboxylic acids is 2.